The van der Waals surface area contributed by atoms with Crippen LogP contribution in [0.2, 0.25) is 0 Å². The number of carbonyl (C=O) groups excluding carboxylic acids is 1. The molecular formula is C23H29FN5O8P. The number of hydrogen-bond donors (Lipinski definition) is 3. The maximum Gasteiger partial charge on any atom is 0.459 e. The number of hydrogen-bond acceptors (Lipinski definition) is 11. The Labute approximate surface area is 217 Å². The number of nitrogens with two attached hydrogens (primary N) is 1. The topological polar surface area (TPSA) is 188 Å². The summed E-state index contributed by atoms with van der Waals surface area (Å²) in [6, 6.07) is 6.67. The maximum atomic E-state index is 13.7. The molecule has 2 aromatic rings. The summed E-state index contributed by atoms with van der Waals surface area (Å²) in [5.74, 6) is -1.39. The van der Waals surface area contributed by atoms with Crippen molar-refractivity contribution in [2.75, 3.05) is 12.3 Å². The van der Waals surface area contributed by atoms with E-state index in [4.69, 9.17) is 24.3 Å². The van der Waals surface area contributed by atoms with Gasteiger partial charge < -0.3 is 24.8 Å². The lowest BCUT2D eigenvalue weighted by atomic mass is 9.84. The fraction of sp³-hybridized carbons (Fsp3) is 0.478. The predicted octanol–water partition coefficient (Wildman–Crippen LogP) is 1.89. The molecule has 206 valence electrons. The standard InChI is InChI=1S/C23H29FN5O8P/c1-13(2)35-20(31)14(3)28-38(33,37-16-7-5-15(24)6-8-16)34-11-17-19(30)23(4,12-25)21(36-17)29-10-9-18(26)27-22(29)32/h5-10,13-14,17,19,21,30H,11H2,1-4H3,(H,28,33)(H2,26,27,32)/t14-,17+,19+,21+,23+,38?/m0/s1. The molecule has 0 bridgehead atoms. The van der Waals surface area contributed by atoms with Crippen LogP contribution in [0, 0.1) is 22.6 Å². The van der Waals surface area contributed by atoms with E-state index in [1.807, 2.05) is 6.07 Å². The molecule has 2 heterocycles. The minimum absolute atomic E-state index is 0.0428. The molecule has 0 spiro atoms. The molecular weight excluding hydrogens is 524 g/mol. The Morgan fingerprint density at radius 3 is 2.61 bits per heavy atom. The van der Waals surface area contributed by atoms with Crippen molar-refractivity contribution < 1.29 is 37.4 Å². The maximum absolute atomic E-state index is 13.7. The van der Waals surface area contributed by atoms with Crippen molar-refractivity contribution in [1.29, 1.82) is 5.26 Å². The van der Waals surface area contributed by atoms with Crippen LogP contribution >= 0.6 is 7.75 Å². The molecule has 1 saturated heterocycles. The molecule has 1 aliphatic rings. The summed E-state index contributed by atoms with van der Waals surface area (Å²) in [6.07, 6.45) is -3.24. The number of aliphatic hydroxyl groups is 1. The van der Waals surface area contributed by atoms with Gasteiger partial charge in [-0.25, -0.2) is 13.8 Å². The van der Waals surface area contributed by atoms with Gasteiger partial charge in [-0.3, -0.25) is 13.9 Å². The Balaban J connectivity index is 1.84. The second-order valence-corrected chi connectivity index (χ2v) is 10.8. The molecule has 15 heteroatoms. The first kappa shape index (κ1) is 29.2. The van der Waals surface area contributed by atoms with Crippen LogP contribution in [0.25, 0.3) is 0 Å². The minimum Gasteiger partial charge on any atom is -0.462 e. The lowest BCUT2D eigenvalue weighted by Crippen LogP contribution is -2.40. The van der Waals surface area contributed by atoms with Gasteiger partial charge in [0.2, 0.25) is 0 Å². The van der Waals surface area contributed by atoms with Crippen molar-refractivity contribution in [3.05, 3.63) is 52.8 Å². The van der Waals surface area contributed by atoms with E-state index < -0.39 is 67.8 Å². The van der Waals surface area contributed by atoms with Gasteiger partial charge in [0, 0.05) is 6.20 Å². The zero-order chi connectivity index (χ0) is 28.3. The average Bonchev–Trinajstić information content (AvgIpc) is 3.09. The van der Waals surface area contributed by atoms with Crippen LogP contribution < -0.4 is 21.0 Å². The first-order valence-electron chi connectivity index (χ1n) is 11.6. The number of aliphatic hydroxyl groups excluding tert-OH is 1. The highest BCUT2D eigenvalue weighted by Crippen LogP contribution is 2.48. The van der Waals surface area contributed by atoms with Crippen molar-refractivity contribution in [3.63, 3.8) is 0 Å². The van der Waals surface area contributed by atoms with Crippen molar-refractivity contribution in [2.24, 2.45) is 5.41 Å². The Bertz CT molecular complexity index is 1300. The van der Waals surface area contributed by atoms with Crippen molar-refractivity contribution in [2.45, 2.75) is 58.3 Å². The summed E-state index contributed by atoms with van der Waals surface area (Å²) in [5, 5.41) is 23.2. The smallest absolute Gasteiger partial charge is 0.459 e. The summed E-state index contributed by atoms with van der Waals surface area (Å²) in [7, 11) is -4.39. The van der Waals surface area contributed by atoms with Gasteiger partial charge in [0.15, 0.2) is 6.23 Å². The van der Waals surface area contributed by atoms with Gasteiger partial charge in [0.25, 0.3) is 0 Å². The summed E-state index contributed by atoms with van der Waals surface area (Å²) in [5.41, 5.74) is 3.08. The second kappa shape index (κ2) is 11.6. The van der Waals surface area contributed by atoms with E-state index in [-0.39, 0.29) is 11.6 Å². The van der Waals surface area contributed by atoms with E-state index in [0.717, 1.165) is 16.7 Å². The fourth-order valence-corrected chi connectivity index (χ4v) is 5.15. The van der Waals surface area contributed by atoms with Gasteiger partial charge >= 0.3 is 19.4 Å². The molecule has 0 aliphatic carbocycles. The number of carbonyl (C=O) groups is 1. The number of anilines is 1. The van der Waals surface area contributed by atoms with Crippen molar-refractivity contribution >= 4 is 19.5 Å². The number of rotatable bonds is 10. The molecule has 1 fully saturated rings. The number of benzene rings is 1. The van der Waals surface area contributed by atoms with Crippen LogP contribution in [0.3, 0.4) is 0 Å². The summed E-state index contributed by atoms with van der Waals surface area (Å²) in [6.45, 7) is 5.43. The quantitative estimate of drug-likeness (QED) is 0.287. The van der Waals surface area contributed by atoms with Crippen LogP contribution in [0.4, 0.5) is 10.2 Å². The highest BCUT2D eigenvalue weighted by molar-refractivity contribution is 7.52. The monoisotopic (exact) mass is 553 g/mol. The molecule has 0 saturated carbocycles. The number of halogens is 1. The number of aromatic nitrogens is 2. The first-order valence-corrected chi connectivity index (χ1v) is 13.1. The third-order valence-corrected chi connectivity index (χ3v) is 7.28. The molecule has 4 N–H and O–H groups in total. The first-order chi connectivity index (χ1) is 17.8. The SMILES string of the molecule is CC(C)OC(=O)[C@H](C)NP(=O)(OC[C@H]1O[C@@H](n2ccc(N)nc2=O)[C@](C)(C#N)[C@@H]1O)Oc1ccc(F)cc1. The van der Waals surface area contributed by atoms with Crippen LogP contribution in [-0.2, 0) is 23.4 Å². The summed E-state index contributed by atoms with van der Waals surface area (Å²) >= 11 is 0. The molecule has 0 amide bonds. The number of ether oxygens (including phenoxy) is 2. The van der Waals surface area contributed by atoms with E-state index in [1.165, 1.54) is 38.2 Å². The van der Waals surface area contributed by atoms with Crippen LogP contribution in [0.1, 0.15) is 33.9 Å². The molecule has 0 radical (unpaired) electrons. The Kier molecular flexibility index (Phi) is 8.91. The molecule has 1 aromatic heterocycles. The Morgan fingerprint density at radius 2 is 2.03 bits per heavy atom. The van der Waals surface area contributed by atoms with Crippen molar-refractivity contribution in [1.82, 2.24) is 14.6 Å². The molecule has 1 unspecified atom stereocenters. The van der Waals surface area contributed by atoms with E-state index in [9.17, 15) is 28.9 Å². The third-order valence-electron chi connectivity index (χ3n) is 5.63. The van der Waals surface area contributed by atoms with Gasteiger partial charge in [-0.2, -0.15) is 15.3 Å². The minimum atomic E-state index is -4.39. The molecule has 13 nitrogen and oxygen atoms in total. The van der Waals surface area contributed by atoms with Crippen LogP contribution in [0.5, 0.6) is 5.75 Å². The van der Waals surface area contributed by atoms with E-state index in [2.05, 4.69) is 10.1 Å². The zero-order valence-electron chi connectivity index (χ0n) is 21.1. The van der Waals surface area contributed by atoms with Gasteiger partial charge in [0.1, 0.15) is 41.0 Å². The lowest BCUT2D eigenvalue weighted by Gasteiger charge is -2.26. The number of nitrogen functional groups attached to an aromatic ring is 1. The summed E-state index contributed by atoms with van der Waals surface area (Å²) in [4.78, 5) is 28.3. The number of nitrogens with zero attached hydrogens (tertiary/aromatic N) is 3. The highest BCUT2D eigenvalue weighted by atomic mass is 31.2. The largest absolute Gasteiger partial charge is 0.462 e. The average molecular weight is 553 g/mol. The number of esters is 1. The van der Waals surface area contributed by atoms with Gasteiger partial charge in [0.05, 0.1) is 18.8 Å². The highest BCUT2D eigenvalue weighted by Gasteiger charge is 2.55. The molecule has 1 aromatic carbocycles. The Morgan fingerprint density at radius 1 is 1.37 bits per heavy atom. The fourth-order valence-electron chi connectivity index (χ4n) is 3.64. The number of nitrogens with one attached hydrogen (secondary N) is 1. The van der Waals surface area contributed by atoms with Gasteiger partial charge in [-0.1, -0.05) is 0 Å². The Hall–Kier alpha value is -3.34. The predicted molar refractivity (Wildman–Crippen MR) is 131 cm³/mol. The van der Waals surface area contributed by atoms with E-state index in [1.54, 1.807) is 13.8 Å². The summed E-state index contributed by atoms with van der Waals surface area (Å²) < 4.78 is 49.9. The van der Waals surface area contributed by atoms with Crippen molar-refractivity contribution in [3.8, 4) is 11.8 Å². The van der Waals surface area contributed by atoms with Crippen LogP contribution in [0.15, 0.2) is 41.3 Å². The van der Waals surface area contributed by atoms with Crippen LogP contribution in [-0.4, -0.2) is 51.6 Å². The zero-order valence-corrected chi connectivity index (χ0v) is 22.0. The molecule has 6 atom stereocenters. The van der Waals surface area contributed by atoms with Gasteiger partial charge in [-0.15, -0.1) is 0 Å². The molecule has 38 heavy (non-hydrogen) atoms. The lowest BCUT2D eigenvalue weighted by molar-refractivity contribution is -0.149. The number of nitriles is 1. The van der Waals surface area contributed by atoms with Gasteiger partial charge in [-0.05, 0) is 58.0 Å². The van der Waals surface area contributed by atoms with E-state index >= 15 is 0 Å². The van der Waals surface area contributed by atoms with E-state index in [0.29, 0.717) is 0 Å². The molecule has 1 aliphatic heterocycles. The molecule has 3 rings (SSSR count). The second-order valence-electron chi connectivity index (χ2n) is 9.08. The normalized spacial score (nSPS) is 25.4. The third kappa shape index (κ3) is 6.56.